The van der Waals surface area contributed by atoms with Crippen molar-refractivity contribution < 1.29 is 23.9 Å². The number of nitrogens with zero attached hydrogens (tertiary/aromatic N) is 4. The number of benzene rings is 1. The highest BCUT2D eigenvalue weighted by Gasteiger charge is 2.31. The molecule has 0 bridgehead atoms. The van der Waals surface area contributed by atoms with Crippen LogP contribution in [0.15, 0.2) is 36.8 Å². The van der Waals surface area contributed by atoms with Crippen LogP contribution < -0.4 is 10.1 Å². The van der Waals surface area contributed by atoms with Crippen molar-refractivity contribution in [1.29, 1.82) is 0 Å². The summed E-state index contributed by atoms with van der Waals surface area (Å²) in [6.45, 7) is 6.65. The first kappa shape index (κ1) is 27.1. The largest absolute Gasteiger partial charge is 0.491 e. The predicted molar refractivity (Wildman–Crippen MR) is 135 cm³/mol. The minimum absolute atomic E-state index is 0.0908. The van der Waals surface area contributed by atoms with E-state index >= 15 is 0 Å². The molecule has 2 aromatic rings. The number of hydrogen-bond acceptors (Lipinski definition) is 7. The summed E-state index contributed by atoms with van der Waals surface area (Å²) in [6.07, 6.45) is 5.24. The van der Waals surface area contributed by atoms with Gasteiger partial charge in [-0.15, -0.1) is 0 Å². The molecule has 194 valence electrons. The lowest BCUT2D eigenvalue weighted by Gasteiger charge is -2.35. The summed E-state index contributed by atoms with van der Waals surface area (Å²) >= 11 is 0. The van der Waals surface area contributed by atoms with E-state index in [1.165, 1.54) is 18.6 Å². The Balaban J connectivity index is 1.96. The number of carbonyl (C=O) groups is 3. The van der Waals surface area contributed by atoms with E-state index in [1.54, 1.807) is 42.2 Å². The lowest BCUT2D eigenvalue weighted by atomic mass is 10.0. The van der Waals surface area contributed by atoms with Crippen molar-refractivity contribution in [3.05, 3.63) is 48.0 Å². The smallest absolute Gasteiger partial charge is 0.274 e. The second-order valence-corrected chi connectivity index (χ2v) is 9.15. The Morgan fingerprint density at radius 2 is 2.00 bits per heavy atom. The molecule has 1 aromatic heterocycles. The van der Waals surface area contributed by atoms with Gasteiger partial charge in [-0.05, 0) is 31.5 Å². The van der Waals surface area contributed by atoms with Gasteiger partial charge in [0.25, 0.3) is 11.8 Å². The van der Waals surface area contributed by atoms with E-state index in [4.69, 9.17) is 9.47 Å². The van der Waals surface area contributed by atoms with Crippen molar-refractivity contribution in [2.24, 2.45) is 5.92 Å². The molecule has 0 aliphatic carbocycles. The van der Waals surface area contributed by atoms with E-state index in [0.29, 0.717) is 36.5 Å². The van der Waals surface area contributed by atoms with Crippen LogP contribution in [-0.4, -0.2) is 83.5 Å². The van der Waals surface area contributed by atoms with Crippen LogP contribution in [0.1, 0.15) is 54.5 Å². The van der Waals surface area contributed by atoms with Crippen LogP contribution in [-0.2, 0) is 9.53 Å². The summed E-state index contributed by atoms with van der Waals surface area (Å²) in [5, 5.41) is 2.83. The third-order valence-corrected chi connectivity index (χ3v) is 6.25. The Bertz CT molecular complexity index is 1060. The molecule has 1 N–H and O–H groups in total. The van der Waals surface area contributed by atoms with Crippen molar-refractivity contribution in [3.8, 4) is 5.75 Å². The molecular weight excluding hydrogens is 462 g/mol. The van der Waals surface area contributed by atoms with Gasteiger partial charge in [-0.1, -0.05) is 13.8 Å². The molecule has 10 heteroatoms. The summed E-state index contributed by atoms with van der Waals surface area (Å²) < 4.78 is 11.8. The molecule has 0 radical (unpaired) electrons. The summed E-state index contributed by atoms with van der Waals surface area (Å²) in [5.74, 6) is -0.330. The zero-order valence-electron chi connectivity index (χ0n) is 21.6. The Morgan fingerprint density at radius 1 is 1.22 bits per heavy atom. The van der Waals surface area contributed by atoms with E-state index in [9.17, 15) is 14.4 Å². The number of nitrogens with one attached hydrogen (secondary N) is 1. The van der Waals surface area contributed by atoms with E-state index in [2.05, 4.69) is 15.3 Å². The third kappa shape index (κ3) is 6.57. The minimum Gasteiger partial charge on any atom is -0.491 e. The second-order valence-electron chi connectivity index (χ2n) is 9.15. The zero-order valence-corrected chi connectivity index (χ0v) is 21.6. The van der Waals surface area contributed by atoms with Gasteiger partial charge in [0.15, 0.2) is 0 Å². The number of anilines is 1. The molecule has 0 spiro atoms. The average molecular weight is 498 g/mol. The fraction of sp³-hybridized carbons (Fsp3) is 0.500. The van der Waals surface area contributed by atoms with E-state index in [0.717, 1.165) is 6.42 Å². The van der Waals surface area contributed by atoms with Gasteiger partial charge in [-0.2, -0.15) is 0 Å². The Kier molecular flexibility index (Phi) is 9.35. The van der Waals surface area contributed by atoms with Crippen LogP contribution in [0.5, 0.6) is 5.75 Å². The van der Waals surface area contributed by atoms with Crippen LogP contribution in [0.2, 0.25) is 0 Å². The predicted octanol–water partition coefficient (Wildman–Crippen LogP) is 2.86. The third-order valence-electron chi connectivity index (χ3n) is 6.25. The van der Waals surface area contributed by atoms with Gasteiger partial charge in [-0.3, -0.25) is 19.4 Å². The van der Waals surface area contributed by atoms with Crippen LogP contribution >= 0.6 is 0 Å². The van der Waals surface area contributed by atoms with Gasteiger partial charge in [0.1, 0.15) is 18.1 Å². The molecule has 1 aliphatic heterocycles. The highest BCUT2D eigenvalue weighted by atomic mass is 16.5. The number of carbonyl (C=O) groups excluding carboxylic acids is 3. The first-order valence-corrected chi connectivity index (χ1v) is 12.2. The SMILES string of the molecule is CCCC(=O)Nc1ccc2c(c1)C(=O)N(C)C[C@H](OC)[C@H](C)CN(C(=O)c1cnccn1)[C@@H](C)CO2. The maximum Gasteiger partial charge on any atom is 0.274 e. The van der Waals surface area contributed by atoms with Gasteiger partial charge < -0.3 is 24.6 Å². The van der Waals surface area contributed by atoms with Crippen molar-refractivity contribution in [1.82, 2.24) is 19.8 Å². The molecule has 1 aliphatic rings. The highest BCUT2D eigenvalue weighted by Crippen LogP contribution is 2.27. The number of methoxy groups -OCH3 is 1. The van der Waals surface area contributed by atoms with E-state index < -0.39 is 0 Å². The van der Waals surface area contributed by atoms with E-state index in [-0.39, 0.29) is 48.1 Å². The number of ether oxygens (including phenoxy) is 2. The molecule has 0 fully saturated rings. The quantitative estimate of drug-likeness (QED) is 0.676. The summed E-state index contributed by atoms with van der Waals surface area (Å²) in [7, 11) is 3.30. The normalized spacial score (nSPS) is 21.0. The van der Waals surface area contributed by atoms with Crippen molar-refractivity contribution in [2.45, 2.75) is 45.8 Å². The van der Waals surface area contributed by atoms with Crippen LogP contribution in [0.4, 0.5) is 5.69 Å². The fourth-order valence-electron chi connectivity index (χ4n) is 4.14. The molecule has 36 heavy (non-hydrogen) atoms. The number of aromatic nitrogens is 2. The monoisotopic (exact) mass is 497 g/mol. The fourth-order valence-corrected chi connectivity index (χ4v) is 4.14. The highest BCUT2D eigenvalue weighted by molar-refractivity contribution is 5.99. The molecular formula is C26H35N5O5. The van der Waals surface area contributed by atoms with Crippen LogP contribution in [0.25, 0.3) is 0 Å². The second kappa shape index (κ2) is 12.4. The minimum atomic E-state index is -0.330. The lowest BCUT2D eigenvalue weighted by molar-refractivity contribution is -0.116. The molecule has 1 aromatic carbocycles. The number of likely N-dealkylation sites (N-methyl/N-ethyl adjacent to an activating group) is 1. The molecule has 3 atom stereocenters. The van der Waals surface area contributed by atoms with Gasteiger partial charge in [0.05, 0.1) is 23.9 Å². The number of amides is 3. The Morgan fingerprint density at radius 3 is 2.67 bits per heavy atom. The summed E-state index contributed by atoms with van der Waals surface area (Å²) in [6, 6.07) is 4.68. The number of fused-ring (bicyclic) bond motifs is 1. The molecule has 0 unspecified atom stereocenters. The molecule has 0 saturated carbocycles. The van der Waals surface area contributed by atoms with Gasteiger partial charge in [-0.25, -0.2) is 4.98 Å². The number of hydrogen-bond donors (Lipinski definition) is 1. The molecule has 3 amide bonds. The maximum absolute atomic E-state index is 13.4. The van der Waals surface area contributed by atoms with E-state index in [1.807, 2.05) is 20.8 Å². The molecule has 3 rings (SSSR count). The molecule has 0 saturated heterocycles. The van der Waals surface area contributed by atoms with Gasteiger partial charge in [0.2, 0.25) is 5.91 Å². The first-order chi connectivity index (χ1) is 17.2. The Hall–Kier alpha value is -3.53. The van der Waals surface area contributed by atoms with Crippen molar-refractivity contribution in [2.75, 3.05) is 39.2 Å². The van der Waals surface area contributed by atoms with Crippen molar-refractivity contribution >= 4 is 23.4 Å². The van der Waals surface area contributed by atoms with Gasteiger partial charge in [0, 0.05) is 57.7 Å². The van der Waals surface area contributed by atoms with Gasteiger partial charge >= 0.3 is 0 Å². The van der Waals surface area contributed by atoms with Crippen LogP contribution in [0, 0.1) is 5.92 Å². The average Bonchev–Trinajstić information content (AvgIpc) is 2.88. The molecule has 10 nitrogen and oxygen atoms in total. The molecule has 2 heterocycles. The van der Waals surface area contributed by atoms with Crippen molar-refractivity contribution in [3.63, 3.8) is 0 Å². The summed E-state index contributed by atoms with van der Waals surface area (Å²) in [5.41, 5.74) is 1.10. The zero-order chi connectivity index (χ0) is 26.2. The topological polar surface area (TPSA) is 114 Å². The number of rotatable bonds is 5. The maximum atomic E-state index is 13.4. The van der Waals surface area contributed by atoms with Crippen LogP contribution in [0.3, 0.4) is 0 Å². The Labute approximate surface area is 212 Å². The lowest BCUT2D eigenvalue weighted by Crippen LogP contribution is -2.48. The standard InChI is InChI=1S/C26H35N5O5/c1-6-7-24(32)29-19-8-9-22-20(12-19)25(33)30(4)15-23(35-5)17(2)14-31(18(3)16-36-22)26(34)21-13-27-10-11-28-21/h8-13,17-18,23H,6-7,14-16H2,1-5H3,(H,29,32)/t17-,18+,23+/m1/s1. The summed E-state index contributed by atoms with van der Waals surface area (Å²) in [4.78, 5) is 50.4. The first-order valence-electron chi connectivity index (χ1n) is 12.2.